The molecule has 2 nitrogen and oxygen atoms in total. The summed E-state index contributed by atoms with van der Waals surface area (Å²) >= 11 is 7.45. The van der Waals surface area contributed by atoms with Crippen LogP contribution in [0.2, 0.25) is 5.02 Å². The van der Waals surface area contributed by atoms with E-state index in [9.17, 15) is 5.11 Å². The standard InChI is InChI=1S/C16H18ClNOS/c1-16(19,18-11-13-5-3-2-4-6-13)12-20-15-9-7-14(17)8-10-15/h2-10,18-19H,11-12H2,1H3. The Morgan fingerprint density at radius 2 is 1.75 bits per heavy atom. The van der Waals surface area contributed by atoms with Crippen molar-refractivity contribution in [1.82, 2.24) is 5.32 Å². The maximum atomic E-state index is 10.3. The van der Waals surface area contributed by atoms with Crippen molar-refractivity contribution < 1.29 is 5.11 Å². The van der Waals surface area contributed by atoms with Crippen molar-refractivity contribution in [1.29, 1.82) is 0 Å². The Hall–Kier alpha value is -1.00. The van der Waals surface area contributed by atoms with Crippen LogP contribution in [-0.4, -0.2) is 16.6 Å². The highest BCUT2D eigenvalue weighted by atomic mass is 35.5. The third-order valence-electron chi connectivity index (χ3n) is 2.85. The van der Waals surface area contributed by atoms with Gasteiger partial charge in [0, 0.05) is 22.2 Å². The van der Waals surface area contributed by atoms with E-state index in [-0.39, 0.29) is 0 Å². The van der Waals surface area contributed by atoms with E-state index in [0.29, 0.717) is 12.3 Å². The third kappa shape index (κ3) is 5.17. The fraction of sp³-hybridized carbons (Fsp3) is 0.250. The third-order valence-corrected chi connectivity index (χ3v) is 4.41. The van der Waals surface area contributed by atoms with Crippen LogP contribution in [0.5, 0.6) is 0 Å². The Balaban J connectivity index is 1.83. The van der Waals surface area contributed by atoms with Gasteiger partial charge in [-0.1, -0.05) is 41.9 Å². The van der Waals surface area contributed by atoms with Crippen molar-refractivity contribution in [2.75, 3.05) is 5.75 Å². The maximum absolute atomic E-state index is 10.3. The van der Waals surface area contributed by atoms with E-state index in [2.05, 4.69) is 5.32 Å². The molecule has 1 atom stereocenters. The molecule has 0 aliphatic carbocycles. The van der Waals surface area contributed by atoms with Gasteiger partial charge >= 0.3 is 0 Å². The lowest BCUT2D eigenvalue weighted by Gasteiger charge is -2.24. The van der Waals surface area contributed by atoms with E-state index in [1.54, 1.807) is 18.7 Å². The van der Waals surface area contributed by atoms with Gasteiger partial charge in [0.1, 0.15) is 5.72 Å². The zero-order valence-corrected chi connectivity index (χ0v) is 12.9. The fourth-order valence-electron chi connectivity index (χ4n) is 1.69. The van der Waals surface area contributed by atoms with E-state index >= 15 is 0 Å². The minimum atomic E-state index is -0.917. The van der Waals surface area contributed by atoms with Gasteiger partial charge in [0.2, 0.25) is 0 Å². The monoisotopic (exact) mass is 307 g/mol. The van der Waals surface area contributed by atoms with Crippen molar-refractivity contribution in [3.05, 3.63) is 65.2 Å². The molecule has 0 bridgehead atoms. The van der Waals surface area contributed by atoms with Crippen LogP contribution >= 0.6 is 23.4 Å². The Labute approximate surface area is 129 Å². The van der Waals surface area contributed by atoms with Gasteiger partial charge in [0.15, 0.2) is 0 Å². The van der Waals surface area contributed by atoms with Crippen LogP contribution in [0.25, 0.3) is 0 Å². The average Bonchev–Trinajstić information content (AvgIpc) is 2.46. The Morgan fingerprint density at radius 3 is 2.40 bits per heavy atom. The van der Waals surface area contributed by atoms with Crippen LogP contribution in [-0.2, 0) is 6.54 Å². The fourth-order valence-corrected chi connectivity index (χ4v) is 2.70. The molecule has 0 heterocycles. The zero-order valence-electron chi connectivity index (χ0n) is 11.3. The molecular weight excluding hydrogens is 290 g/mol. The number of rotatable bonds is 6. The lowest BCUT2D eigenvalue weighted by atomic mass is 10.2. The first-order valence-corrected chi connectivity index (χ1v) is 7.81. The van der Waals surface area contributed by atoms with Crippen LogP contribution in [0.15, 0.2) is 59.5 Å². The second-order valence-electron chi connectivity index (χ2n) is 4.86. The summed E-state index contributed by atoms with van der Waals surface area (Å²) in [5.41, 5.74) is 0.240. The Bertz CT molecular complexity index is 528. The Morgan fingerprint density at radius 1 is 1.10 bits per heavy atom. The normalized spacial score (nSPS) is 13.9. The van der Waals surface area contributed by atoms with Crippen molar-refractivity contribution >= 4 is 23.4 Å². The summed E-state index contributed by atoms with van der Waals surface area (Å²) in [7, 11) is 0. The summed E-state index contributed by atoms with van der Waals surface area (Å²) in [4.78, 5) is 1.09. The highest BCUT2D eigenvalue weighted by molar-refractivity contribution is 7.99. The molecule has 4 heteroatoms. The van der Waals surface area contributed by atoms with Crippen LogP contribution < -0.4 is 5.32 Å². The number of halogens is 1. The van der Waals surface area contributed by atoms with Crippen molar-refractivity contribution in [3.63, 3.8) is 0 Å². The summed E-state index contributed by atoms with van der Waals surface area (Å²) in [5, 5.41) is 14.2. The Kier molecular flexibility index (Phi) is 5.49. The molecule has 0 aliphatic rings. The van der Waals surface area contributed by atoms with Crippen molar-refractivity contribution in [2.45, 2.75) is 24.1 Å². The molecule has 0 amide bonds. The van der Waals surface area contributed by atoms with Crippen molar-refractivity contribution in [3.8, 4) is 0 Å². The predicted octanol–water partition coefficient (Wildman–Crippen LogP) is 3.93. The highest BCUT2D eigenvalue weighted by Crippen LogP contribution is 2.23. The van der Waals surface area contributed by atoms with E-state index in [4.69, 9.17) is 11.6 Å². The lowest BCUT2D eigenvalue weighted by Crippen LogP contribution is -2.44. The maximum Gasteiger partial charge on any atom is 0.122 e. The minimum Gasteiger partial charge on any atom is -0.375 e. The molecule has 0 saturated heterocycles. The average molecular weight is 308 g/mol. The second-order valence-corrected chi connectivity index (χ2v) is 6.34. The van der Waals surface area contributed by atoms with Crippen LogP contribution in [0.1, 0.15) is 12.5 Å². The summed E-state index contributed by atoms with van der Waals surface area (Å²) < 4.78 is 0. The van der Waals surface area contributed by atoms with Gasteiger partial charge in [-0.05, 0) is 36.8 Å². The van der Waals surface area contributed by atoms with Gasteiger partial charge < -0.3 is 5.11 Å². The first-order valence-electron chi connectivity index (χ1n) is 6.45. The largest absolute Gasteiger partial charge is 0.375 e. The molecule has 0 spiro atoms. The van der Waals surface area contributed by atoms with E-state index < -0.39 is 5.72 Å². The van der Waals surface area contributed by atoms with Crippen molar-refractivity contribution in [2.24, 2.45) is 0 Å². The molecular formula is C16H18ClNOS. The number of thioether (sulfide) groups is 1. The highest BCUT2D eigenvalue weighted by Gasteiger charge is 2.19. The summed E-state index contributed by atoms with van der Waals surface area (Å²) in [6.07, 6.45) is 0. The van der Waals surface area contributed by atoms with E-state index in [1.165, 1.54) is 0 Å². The van der Waals surface area contributed by atoms with Crippen LogP contribution in [0.3, 0.4) is 0 Å². The number of benzene rings is 2. The first kappa shape index (κ1) is 15.4. The number of hydrogen-bond acceptors (Lipinski definition) is 3. The smallest absolute Gasteiger partial charge is 0.122 e. The molecule has 0 saturated carbocycles. The van der Waals surface area contributed by atoms with Gasteiger partial charge in [0.25, 0.3) is 0 Å². The first-order chi connectivity index (χ1) is 9.55. The topological polar surface area (TPSA) is 32.3 Å². The van der Waals surface area contributed by atoms with Gasteiger partial charge in [-0.2, -0.15) is 0 Å². The van der Waals surface area contributed by atoms with E-state index in [0.717, 1.165) is 15.5 Å². The summed E-state index contributed by atoms with van der Waals surface area (Å²) in [6.45, 7) is 2.44. The number of aliphatic hydroxyl groups is 1. The van der Waals surface area contributed by atoms with E-state index in [1.807, 2.05) is 54.6 Å². The molecule has 0 radical (unpaired) electrons. The summed E-state index contributed by atoms with van der Waals surface area (Å²) in [6, 6.07) is 17.7. The lowest BCUT2D eigenvalue weighted by molar-refractivity contribution is 0.0466. The minimum absolute atomic E-state index is 0.571. The molecule has 0 aliphatic heterocycles. The van der Waals surface area contributed by atoms with Crippen LogP contribution in [0, 0.1) is 0 Å². The molecule has 1 unspecified atom stereocenters. The number of nitrogens with one attached hydrogen (secondary N) is 1. The molecule has 2 rings (SSSR count). The zero-order chi connectivity index (χ0) is 14.4. The van der Waals surface area contributed by atoms with Gasteiger partial charge in [-0.25, -0.2) is 0 Å². The molecule has 2 aromatic carbocycles. The molecule has 2 aromatic rings. The SMILES string of the molecule is CC(O)(CSc1ccc(Cl)cc1)NCc1ccccc1. The van der Waals surface area contributed by atoms with Gasteiger partial charge in [-0.15, -0.1) is 11.8 Å². The molecule has 2 N–H and O–H groups in total. The number of hydrogen-bond donors (Lipinski definition) is 2. The molecule has 20 heavy (non-hydrogen) atoms. The predicted molar refractivity (Wildman–Crippen MR) is 86.1 cm³/mol. The quantitative estimate of drug-likeness (QED) is 0.626. The van der Waals surface area contributed by atoms with Gasteiger partial charge in [-0.3, -0.25) is 5.32 Å². The van der Waals surface area contributed by atoms with Gasteiger partial charge in [0.05, 0.1) is 0 Å². The molecule has 0 aromatic heterocycles. The summed E-state index contributed by atoms with van der Waals surface area (Å²) in [5.74, 6) is 0.571. The molecule has 106 valence electrons. The second kappa shape index (κ2) is 7.14. The molecule has 0 fully saturated rings. The van der Waals surface area contributed by atoms with Crippen LogP contribution in [0.4, 0.5) is 0 Å².